The summed E-state index contributed by atoms with van der Waals surface area (Å²) in [6, 6.07) is 3.63. The molecule has 6 nitrogen and oxygen atoms in total. The van der Waals surface area contributed by atoms with Gasteiger partial charge in [-0.25, -0.2) is 0 Å². The number of hydrogen-bond donors (Lipinski definition) is 4. The van der Waals surface area contributed by atoms with Gasteiger partial charge in [0.05, 0.1) is 25.9 Å². The average molecular weight is 540 g/mol. The van der Waals surface area contributed by atoms with Gasteiger partial charge in [0.2, 0.25) is 0 Å². The van der Waals surface area contributed by atoms with Gasteiger partial charge >= 0.3 is 0 Å². The Morgan fingerprint density at radius 3 is 2.61 bits per heavy atom. The summed E-state index contributed by atoms with van der Waals surface area (Å²) in [6.45, 7) is 2.17. The number of nitrogens with one attached hydrogen (secondary N) is 1. The molecule has 1 amide bonds. The van der Waals surface area contributed by atoms with Crippen LogP contribution in [0.1, 0.15) is 23.2 Å². The molecule has 1 saturated heterocycles. The number of amides is 1. The molecule has 1 aromatic rings. The molecule has 0 bridgehead atoms. The van der Waals surface area contributed by atoms with E-state index in [1.807, 2.05) is 6.07 Å². The van der Waals surface area contributed by atoms with Gasteiger partial charge in [0.1, 0.15) is 0 Å². The minimum Gasteiger partial charge on any atom is -0.493 e. The van der Waals surface area contributed by atoms with Crippen LogP contribution in [-0.2, 0) is 0 Å². The van der Waals surface area contributed by atoms with Crippen molar-refractivity contribution in [3.8, 4) is 11.5 Å². The lowest BCUT2D eigenvalue weighted by Gasteiger charge is -2.24. The fourth-order valence-corrected chi connectivity index (χ4v) is 5.11. The molecule has 0 spiro atoms. The second kappa shape index (κ2) is 11.7. The molecule has 158 valence electrons. The van der Waals surface area contributed by atoms with Gasteiger partial charge in [0.15, 0.2) is 11.5 Å². The first-order valence-electron chi connectivity index (χ1n) is 9.37. The van der Waals surface area contributed by atoms with Gasteiger partial charge < -0.3 is 20.5 Å². The SMILES string of the molecule is COc1cc(I)cc(C(=O)NCCN2C[C@H](CCS)[C@@H](CCS)C2N)c1OC. The van der Waals surface area contributed by atoms with Gasteiger partial charge in [0.25, 0.3) is 5.91 Å². The molecule has 1 unspecified atom stereocenters. The fraction of sp³-hybridized carbons (Fsp3) is 0.632. The standard InChI is InChI=1S/C19H30IN3O3S2/c1-25-16-10-13(20)9-15(17(16)26-2)19(24)22-5-6-23-11-12(3-7-27)14(4-8-28)18(23)21/h9-10,12,14,18,27-28H,3-8,11,21H2,1-2H3,(H,22,24)/t12-,14+,18?/m0/s1. The summed E-state index contributed by atoms with van der Waals surface area (Å²) < 4.78 is 11.6. The molecule has 1 aliphatic heterocycles. The first kappa shape index (κ1) is 23.9. The molecule has 1 heterocycles. The molecule has 0 saturated carbocycles. The maximum absolute atomic E-state index is 12.7. The molecule has 0 radical (unpaired) electrons. The lowest BCUT2D eigenvalue weighted by molar-refractivity contribution is 0.0942. The predicted molar refractivity (Wildman–Crippen MR) is 128 cm³/mol. The number of rotatable bonds is 10. The molecule has 1 aromatic carbocycles. The van der Waals surface area contributed by atoms with Crippen molar-refractivity contribution in [3.05, 3.63) is 21.3 Å². The number of benzene rings is 1. The predicted octanol–water partition coefficient (Wildman–Crippen LogP) is 2.51. The second-order valence-electron chi connectivity index (χ2n) is 6.88. The number of hydrogen-bond acceptors (Lipinski definition) is 7. The summed E-state index contributed by atoms with van der Waals surface area (Å²) >= 11 is 10.9. The lowest BCUT2D eigenvalue weighted by atomic mass is 9.90. The van der Waals surface area contributed by atoms with Crippen LogP contribution in [0, 0.1) is 15.4 Å². The van der Waals surface area contributed by atoms with Crippen LogP contribution < -0.4 is 20.5 Å². The van der Waals surface area contributed by atoms with Gasteiger partial charge in [-0.2, -0.15) is 25.3 Å². The molecule has 1 aliphatic rings. The van der Waals surface area contributed by atoms with Crippen LogP contribution in [0.3, 0.4) is 0 Å². The number of halogens is 1. The third-order valence-corrected chi connectivity index (χ3v) is 6.41. The van der Waals surface area contributed by atoms with E-state index in [1.54, 1.807) is 13.2 Å². The Bertz CT molecular complexity index is 666. The second-order valence-corrected chi connectivity index (χ2v) is 9.02. The first-order valence-corrected chi connectivity index (χ1v) is 11.7. The lowest BCUT2D eigenvalue weighted by Crippen LogP contribution is -2.44. The Labute approximate surface area is 192 Å². The largest absolute Gasteiger partial charge is 0.493 e. The van der Waals surface area contributed by atoms with E-state index >= 15 is 0 Å². The van der Waals surface area contributed by atoms with Crippen LogP contribution in [0.15, 0.2) is 12.1 Å². The molecule has 9 heteroatoms. The number of nitrogens with two attached hydrogens (primary N) is 1. The van der Waals surface area contributed by atoms with Crippen LogP contribution in [-0.4, -0.2) is 62.3 Å². The number of likely N-dealkylation sites (tertiary alicyclic amines) is 1. The third-order valence-electron chi connectivity index (χ3n) is 5.27. The van der Waals surface area contributed by atoms with Crippen LogP contribution in [0.5, 0.6) is 11.5 Å². The monoisotopic (exact) mass is 539 g/mol. The number of carbonyl (C=O) groups excluding carboxylic acids is 1. The van der Waals surface area contributed by atoms with Gasteiger partial charge in [-0.15, -0.1) is 0 Å². The Kier molecular flexibility index (Phi) is 10.0. The van der Waals surface area contributed by atoms with Gasteiger partial charge in [-0.3, -0.25) is 9.69 Å². The minimum absolute atomic E-state index is 0.00115. The van der Waals surface area contributed by atoms with Crippen molar-refractivity contribution in [1.29, 1.82) is 0 Å². The van der Waals surface area contributed by atoms with E-state index in [1.165, 1.54) is 7.11 Å². The van der Waals surface area contributed by atoms with Crippen LogP contribution in [0.2, 0.25) is 0 Å². The van der Waals surface area contributed by atoms with E-state index < -0.39 is 0 Å². The zero-order valence-corrected chi connectivity index (χ0v) is 20.3. The van der Waals surface area contributed by atoms with Gasteiger partial charge in [-0.05, 0) is 70.9 Å². The van der Waals surface area contributed by atoms with Crippen molar-refractivity contribution in [1.82, 2.24) is 10.2 Å². The number of thiol groups is 2. The molecule has 3 N–H and O–H groups in total. The van der Waals surface area contributed by atoms with Crippen molar-refractivity contribution < 1.29 is 14.3 Å². The molecular weight excluding hydrogens is 509 g/mol. The van der Waals surface area contributed by atoms with Crippen molar-refractivity contribution >= 4 is 53.8 Å². The molecule has 0 aromatic heterocycles. The van der Waals surface area contributed by atoms with Crippen LogP contribution in [0.4, 0.5) is 0 Å². The highest BCUT2D eigenvalue weighted by molar-refractivity contribution is 14.1. The van der Waals surface area contributed by atoms with Crippen LogP contribution >= 0.6 is 47.8 Å². The third kappa shape index (κ3) is 5.84. The van der Waals surface area contributed by atoms with Crippen LogP contribution in [0.25, 0.3) is 0 Å². The van der Waals surface area contributed by atoms with E-state index in [-0.39, 0.29) is 12.1 Å². The molecule has 0 aliphatic carbocycles. The van der Waals surface area contributed by atoms with E-state index in [2.05, 4.69) is 58.1 Å². The van der Waals surface area contributed by atoms with Crippen molar-refractivity contribution in [2.24, 2.45) is 17.6 Å². The molecule has 3 atom stereocenters. The van der Waals surface area contributed by atoms with E-state index in [0.29, 0.717) is 42.0 Å². The quantitative estimate of drug-likeness (QED) is 0.272. The summed E-state index contributed by atoms with van der Waals surface area (Å²) in [7, 11) is 3.10. The summed E-state index contributed by atoms with van der Waals surface area (Å²) in [4.78, 5) is 15.0. The fourth-order valence-electron chi connectivity index (χ4n) is 3.88. The van der Waals surface area contributed by atoms with Crippen molar-refractivity contribution in [2.75, 3.05) is 45.4 Å². The van der Waals surface area contributed by atoms with E-state index in [0.717, 1.165) is 34.5 Å². The number of nitrogens with zero attached hydrogens (tertiary/aromatic N) is 1. The Balaban J connectivity index is 1.98. The topological polar surface area (TPSA) is 76.8 Å². The normalized spacial score (nSPS) is 22.3. The highest BCUT2D eigenvalue weighted by Crippen LogP contribution is 2.34. The summed E-state index contributed by atoms with van der Waals surface area (Å²) in [6.07, 6.45) is 2.06. The Morgan fingerprint density at radius 1 is 1.29 bits per heavy atom. The molecule has 2 rings (SSSR count). The van der Waals surface area contributed by atoms with Gasteiger partial charge in [-0.1, -0.05) is 0 Å². The maximum atomic E-state index is 12.7. The maximum Gasteiger partial charge on any atom is 0.255 e. The summed E-state index contributed by atoms with van der Waals surface area (Å²) in [5, 5.41) is 2.99. The highest BCUT2D eigenvalue weighted by Gasteiger charge is 2.38. The van der Waals surface area contributed by atoms with Crippen molar-refractivity contribution in [2.45, 2.75) is 19.0 Å². The van der Waals surface area contributed by atoms with E-state index in [4.69, 9.17) is 15.2 Å². The Morgan fingerprint density at radius 2 is 2.00 bits per heavy atom. The summed E-state index contributed by atoms with van der Waals surface area (Å²) in [5.74, 6) is 3.47. The average Bonchev–Trinajstić information content (AvgIpc) is 2.96. The van der Waals surface area contributed by atoms with Crippen molar-refractivity contribution in [3.63, 3.8) is 0 Å². The minimum atomic E-state index is -0.180. The highest BCUT2D eigenvalue weighted by atomic mass is 127. The smallest absolute Gasteiger partial charge is 0.255 e. The number of carbonyl (C=O) groups is 1. The molecule has 1 fully saturated rings. The van der Waals surface area contributed by atoms with E-state index in [9.17, 15) is 4.79 Å². The van der Waals surface area contributed by atoms with Gasteiger partial charge in [0, 0.05) is 23.2 Å². The molecule has 28 heavy (non-hydrogen) atoms. The summed E-state index contributed by atoms with van der Waals surface area (Å²) in [5.41, 5.74) is 6.95. The first-order chi connectivity index (χ1) is 13.5. The zero-order chi connectivity index (χ0) is 20.7. The Hall–Kier alpha value is -0.360. The number of ether oxygens (including phenoxy) is 2. The number of methoxy groups -OCH3 is 2. The zero-order valence-electron chi connectivity index (χ0n) is 16.4. The molecular formula is C19H30IN3O3S2.